The van der Waals surface area contributed by atoms with Gasteiger partial charge in [0.2, 0.25) is 0 Å². The van der Waals surface area contributed by atoms with E-state index in [4.69, 9.17) is 9.47 Å². The number of amides is 3. The zero-order valence-corrected chi connectivity index (χ0v) is 16.7. The number of hydrogen-bond donors (Lipinski definition) is 3. The molecular formula is C21H23N3O6. The summed E-state index contributed by atoms with van der Waals surface area (Å²) in [6, 6.07) is 13.1. The molecule has 2 aromatic carbocycles. The SMILES string of the molecule is CNC(=O)c1cccc(NC(=O)COC(=O)CCNC(=O)c2ccccc2OC)c1. The number of methoxy groups -OCH3 is 1. The molecule has 0 heterocycles. The monoisotopic (exact) mass is 413 g/mol. The van der Waals surface area contributed by atoms with Crippen LogP contribution in [0.15, 0.2) is 48.5 Å². The zero-order valence-electron chi connectivity index (χ0n) is 16.7. The third-order valence-corrected chi connectivity index (χ3v) is 3.97. The van der Waals surface area contributed by atoms with Crippen LogP contribution in [0.3, 0.4) is 0 Å². The fourth-order valence-corrected chi connectivity index (χ4v) is 2.50. The summed E-state index contributed by atoms with van der Waals surface area (Å²) in [7, 11) is 2.97. The Hall–Kier alpha value is -3.88. The van der Waals surface area contributed by atoms with Crippen molar-refractivity contribution in [1.82, 2.24) is 10.6 Å². The van der Waals surface area contributed by atoms with Crippen LogP contribution in [-0.2, 0) is 14.3 Å². The van der Waals surface area contributed by atoms with E-state index in [-0.39, 0.29) is 24.8 Å². The second-order valence-electron chi connectivity index (χ2n) is 6.07. The van der Waals surface area contributed by atoms with Crippen LogP contribution in [0.2, 0.25) is 0 Å². The van der Waals surface area contributed by atoms with Gasteiger partial charge in [-0.2, -0.15) is 0 Å². The summed E-state index contributed by atoms with van der Waals surface area (Å²) in [6.07, 6.45) is -0.0969. The number of ether oxygens (including phenoxy) is 2. The Labute approximate surface area is 173 Å². The maximum Gasteiger partial charge on any atom is 0.308 e. The van der Waals surface area contributed by atoms with Gasteiger partial charge in [-0.25, -0.2) is 0 Å². The molecule has 30 heavy (non-hydrogen) atoms. The Morgan fingerprint density at radius 3 is 2.47 bits per heavy atom. The minimum absolute atomic E-state index is 0.0471. The molecule has 2 aromatic rings. The summed E-state index contributed by atoms with van der Waals surface area (Å²) in [6.45, 7) is -0.436. The first-order valence-corrected chi connectivity index (χ1v) is 9.13. The van der Waals surface area contributed by atoms with E-state index in [0.29, 0.717) is 22.6 Å². The zero-order chi connectivity index (χ0) is 21.9. The molecule has 0 aromatic heterocycles. The Morgan fingerprint density at radius 2 is 1.73 bits per heavy atom. The summed E-state index contributed by atoms with van der Waals surface area (Å²) < 4.78 is 10.0. The first-order chi connectivity index (χ1) is 14.4. The predicted octanol–water partition coefficient (Wildman–Crippen LogP) is 1.36. The van der Waals surface area contributed by atoms with Gasteiger partial charge in [0.25, 0.3) is 17.7 Å². The van der Waals surface area contributed by atoms with Crippen LogP contribution in [-0.4, -0.2) is 51.0 Å². The lowest BCUT2D eigenvalue weighted by molar-refractivity contribution is -0.147. The molecule has 0 aliphatic heterocycles. The minimum Gasteiger partial charge on any atom is -0.496 e. The van der Waals surface area contributed by atoms with Crippen molar-refractivity contribution in [3.8, 4) is 5.75 Å². The van der Waals surface area contributed by atoms with Crippen LogP contribution in [0, 0.1) is 0 Å². The summed E-state index contributed by atoms with van der Waals surface area (Å²) in [5, 5.41) is 7.63. The molecule has 0 aliphatic rings. The molecule has 3 amide bonds. The van der Waals surface area contributed by atoms with Crippen LogP contribution >= 0.6 is 0 Å². The molecule has 0 radical (unpaired) electrons. The van der Waals surface area contributed by atoms with Crippen molar-refractivity contribution >= 4 is 29.4 Å². The lowest BCUT2D eigenvalue weighted by Gasteiger charge is -2.09. The lowest BCUT2D eigenvalue weighted by Crippen LogP contribution is -2.28. The average molecular weight is 413 g/mol. The van der Waals surface area contributed by atoms with E-state index in [0.717, 1.165) is 0 Å². The van der Waals surface area contributed by atoms with E-state index in [1.807, 2.05) is 0 Å². The summed E-state index contributed by atoms with van der Waals surface area (Å²) >= 11 is 0. The standard InChI is InChI=1S/C21H23N3O6/c1-22-20(27)14-6-5-7-15(12-14)24-18(25)13-30-19(26)10-11-23-21(28)16-8-3-4-9-17(16)29-2/h3-9,12H,10-11,13H2,1-2H3,(H,22,27)(H,23,28)(H,24,25). The van der Waals surface area contributed by atoms with Gasteiger partial charge in [-0.15, -0.1) is 0 Å². The fourth-order valence-electron chi connectivity index (χ4n) is 2.50. The topological polar surface area (TPSA) is 123 Å². The van der Waals surface area contributed by atoms with Crippen molar-refractivity contribution in [3.63, 3.8) is 0 Å². The summed E-state index contributed by atoms with van der Waals surface area (Å²) in [5.41, 5.74) is 1.14. The van der Waals surface area contributed by atoms with Crippen LogP contribution in [0.4, 0.5) is 5.69 Å². The van der Waals surface area contributed by atoms with E-state index in [2.05, 4.69) is 16.0 Å². The van der Waals surface area contributed by atoms with Crippen molar-refractivity contribution in [1.29, 1.82) is 0 Å². The molecule has 0 unspecified atom stereocenters. The number of carbonyl (C=O) groups is 4. The first-order valence-electron chi connectivity index (χ1n) is 9.13. The highest BCUT2D eigenvalue weighted by atomic mass is 16.5. The highest BCUT2D eigenvalue weighted by molar-refractivity contribution is 5.98. The quantitative estimate of drug-likeness (QED) is 0.534. The van der Waals surface area contributed by atoms with Crippen molar-refractivity contribution in [2.24, 2.45) is 0 Å². The van der Waals surface area contributed by atoms with Crippen molar-refractivity contribution in [3.05, 3.63) is 59.7 Å². The number of anilines is 1. The smallest absolute Gasteiger partial charge is 0.308 e. The highest BCUT2D eigenvalue weighted by Crippen LogP contribution is 2.16. The normalized spacial score (nSPS) is 9.93. The summed E-state index contributed by atoms with van der Waals surface area (Å²) in [5.74, 6) is -1.42. The van der Waals surface area contributed by atoms with E-state index in [1.165, 1.54) is 20.2 Å². The molecular weight excluding hydrogens is 390 g/mol. The van der Waals surface area contributed by atoms with Crippen molar-refractivity contribution in [2.45, 2.75) is 6.42 Å². The summed E-state index contributed by atoms with van der Waals surface area (Å²) in [4.78, 5) is 47.5. The van der Waals surface area contributed by atoms with Gasteiger partial charge < -0.3 is 25.4 Å². The number of rotatable bonds is 9. The van der Waals surface area contributed by atoms with Gasteiger partial charge >= 0.3 is 5.97 Å². The van der Waals surface area contributed by atoms with Gasteiger partial charge in [-0.1, -0.05) is 18.2 Å². The second kappa shape index (κ2) is 11.2. The molecule has 0 atom stereocenters. The molecule has 0 bridgehead atoms. The maximum atomic E-state index is 12.1. The number of nitrogens with one attached hydrogen (secondary N) is 3. The van der Waals surface area contributed by atoms with Gasteiger partial charge in [0.05, 0.1) is 19.1 Å². The van der Waals surface area contributed by atoms with Gasteiger partial charge in [-0.05, 0) is 30.3 Å². The molecule has 0 fully saturated rings. The molecule has 0 spiro atoms. The predicted molar refractivity (Wildman–Crippen MR) is 109 cm³/mol. The third kappa shape index (κ3) is 6.62. The molecule has 0 aliphatic carbocycles. The van der Waals surface area contributed by atoms with Gasteiger partial charge in [0.15, 0.2) is 6.61 Å². The molecule has 2 rings (SSSR count). The highest BCUT2D eigenvalue weighted by Gasteiger charge is 2.13. The van der Waals surface area contributed by atoms with Crippen LogP contribution < -0.4 is 20.7 Å². The van der Waals surface area contributed by atoms with Gasteiger partial charge in [-0.3, -0.25) is 19.2 Å². The lowest BCUT2D eigenvalue weighted by atomic mass is 10.2. The van der Waals surface area contributed by atoms with E-state index >= 15 is 0 Å². The fraction of sp³-hybridized carbons (Fsp3) is 0.238. The van der Waals surface area contributed by atoms with Gasteiger partial charge in [0.1, 0.15) is 5.75 Å². The third-order valence-electron chi connectivity index (χ3n) is 3.97. The molecule has 9 nitrogen and oxygen atoms in total. The van der Waals surface area contributed by atoms with E-state index in [9.17, 15) is 19.2 Å². The van der Waals surface area contributed by atoms with Crippen LogP contribution in [0.1, 0.15) is 27.1 Å². The molecule has 3 N–H and O–H groups in total. The van der Waals surface area contributed by atoms with Crippen molar-refractivity contribution < 1.29 is 28.7 Å². The molecule has 0 saturated carbocycles. The van der Waals surface area contributed by atoms with Crippen molar-refractivity contribution in [2.75, 3.05) is 32.6 Å². The molecule has 9 heteroatoms. The first kappa shape index (κ1) is 22.4. The van der Waals surface area contributed by atoms with E-state index in [1.54, 1.807) is 42.5 Å². The minimum atomic E-state index is -0.635. The number of benzene rings is 2. The number of esters is 1. The van der Waals surface area contributed by atoms with Gasteiger partial charge in [0, 0.05) is 24.8 Å². The van der Waals surface area contributed by atoms with Crippen LogP contribution in [0.5, 0.6) is 5.75 Å². The number of hydrogen-bond acceptors (Lipinski definition) is 6. The Bertz CT molecular complexity index is 928. The average Bonchev–Trinajstić information content (AvgIpc) is 2.77. The Balaban J connectivity index is 1.73. The van der Waals surface area contributed by atoms with Crippen LogP contribution in [0.25, 0.3) is 0 Å². The maximum absolute atomic E-state index is 12.1. The largest absolute Gasteiger partial charge is 0.496 e. The number of para-hydroxylation sites is 1. The van der Waals surface area contributed by atoms with E-state index < -0.39 is 18.5 Å². The second-order valence-corrected chi connectivity index (χ2v) is 6.07. The molecule has 158 valence electrons. The Morgan fingerprint density at radius 1 is 0.967 bits per heavy atom. The molecule has 0 saturated heterocycles. The Kier molecular flexibility index (Phi) is 8.37. The number of carbonyl (C=O) groups excluding carboxylic acids is 4.